The number of amides is 1. The van der Waals surface area contributed by atoms with E-state index in [4.69, 9.17) is 23.7 Å². The number of carbonyl (C=O) groups is 2. The number of likely N-dealkylation sites (tertiary alicyclic amines) is 1. The number of aldehydes is 1. The molecule has 2 heterocycles. The van der Waals surface area contributed by atoms with Gasteiger partial charge in [-0.05, 0) is 47.5 Å². The van der Waals surface area contributed by atoms with Crippen molar-refractivity contribution in [2.45, 2.75) is 88.8 Å². The first-order chi connectivity index (χ1) is 14.0. The van der Waals surface area contributed by atoms with Crippen molar-refractivity contribution in [1.82, 2.24) is 4.90 Å². The zero-order valence-electron chi connectivity index (χ0n) is 18.9. The summed E-state index contributed by atoms with van der Waals surface area (Å²) in [6.07, 6.45) is 1.11. The molecule has 2 aliphatic heterocycles. The number of ether oxygens (including phenoxy) is 5. The average Bonchev–Trinajstić information content (AvgIpc) is 3.45. The van der Waals surface area contributed by atoms with Crippen molar-refractivity contribution in [2.24, 2.45) is 5.92 Å². The first kappa shape index (κ1) is 23.0. The maximum atomic E-state index is 13.1. The summed E-state index contributed by atoms with van der Waals surface area (Å²) in [6.45, 7) is 9.33. The fraction of sp³-hybridized carbons (Fsp3) is 0.818. The molecule has 0 N–H and O–H groups in total. The monoisotopic (exact) mass is 423 g/mol. The molecule has 8 nitrogen and oxygen atoms in total. The Balaban J connectivity index is 1.99. The maximum absolute atomic E-state index is 13.1. The molecule has 1 amide bonds. The van der Waals surface area contributed by atoms with Gasteiger partial charge >= 0.3 is 6.09 Å². The van der Waals surface area contributed by atoms with Crippen molar-refractivity contribution in [1.29, 1.82) is 0 Å². The van der Waals surface area contributed by atoms with Gasteiger partial charge in [-0.3, -0.25) is 4.90 Å². The molecular weight excluding hydrogens is 390 g/mol. The summed E-state index contributed by atoms with van der Waals surface area (Å²) in [5.41, 5.74) is -1.12. The van der Waals surface area contributed by atoms with Crippen molar-refractivity contribution in [3.63, 3.8) is 0 Å². The van der Waals surface area contributed by atoms with E-state index in [2.05, 4.69) is 11.8 Å². The molecule has 1 aliphatic carbocycles. The minimum absolute atomic E-state index is 0.120. The van der Waals surface area contributed by atoms with Crippen LogP contribution >= 0.6 is 0 Å². The fourth-order valence-corrected chi connectivity index (χ4v) is 4.34. The van der Waals surface area contributed by atoms with E-state index < -0.39 is 41.0 Å². The quantitative estimate of drug-likeness (QED) is 0.509. The molecule has 0 aromatic carbocycles. The van der Waals surface area contributed by atoms with Gasteiger partial charge in [0.1, 0.15) is 24.1 Å². The van der Waals surface area contributed by atoms with E-state index in [1.54, 1.807) is 18.7 Å². The van der Waals surface area contributed by atoms with Crippen LogP contribution in [0.1, 0.15) is 53.9 Å². The molecule has 0 bridgehead atoms. The second kappa shape index (κ2) is 7.79. The Morgan fingerprint density at radius 2 is 1.77 bits per heavy atom. The second-order valence-electron chi connectivity index (χ2n) is 9.40. The Labute approximate surface area is 178 Å². The van der Waals surface area contributed by atoms with Crippen LogP contribution in [0.25, 0.3) is 0 Å². The largest absolute Gasteiger partial charge is 0.444 e. The molecule has 3 rings (SSSR count). The summed E-state index contributed by atoms with van der Waals surface area (Å²) >= 11 is 0. The molecule has 1 saturated carbocycles. The SMILES string of the molecule is COC1(C)O[C@@H]2[C@@H](C#CCC=O)C3(CC3)N(C(=O)OC(C)(C)C)C[C@H]2OC1(C)OC. The number of nitrogens with zero attached hydrogens (tertiary/aromatic N) is 1. The van der Waals surface area contributed by atoms with E-state index in [0.717, 1.165) is 19.1 Å². The van der Waals surface area contributed by atoms with Gasteiger partial charge in [-0.1, -0.05) is 11.8 Å². The van der Waals surface area contributed by atoms with E-state index >= 15 is 0 Å². The van der Waals surface area contributed by atoms with Crippen LogP contribution < -0.4 is 0 Å². The van der Waals surface area contributed by atoms with Crippen LogP contribution in [-0.4, -0.2) is 73.0 Å². The van der Waals surface area contributed by atoms with Gasteiger partial charge < -0.3 is 28.5 Å². The molecule has 3 aliphatic rings. The maximum Gasteiger partial charge on any atom is 0.410 e. The number of rotatable bonds is 3. The number of hydrogen-bond acceptors (Lipinski definition) is 7. The molecule has 168 valence electrons. The lowest BCUT2D eigenvalue weighted by molar-refractivity contribution is -0.456. The summed E-state index contributed by atoms with van der Waals surface area (Å²) in [5, 5.41) is 0. The predicted molar refractivity (Wildman–Crippen MR) is 107 cm³/mol. The van der Waals surface area contributed by atoms with Gasteiger partial charge in [-0.2, -0.15) is 0 Å². The fourth-order valence-electron chi connectivity index (χ4n) is 4.34. The van der Waals surface area contributed by atoms with E-state index in [9.17, 15) is 9.59 Å². The van der Waals surface area contributed by atoms with Gasteiger partial charge in [0.2, 0.25) is 11.6 Å². The third-order valence-electron chi connectivity index (χ3n) is 6.33. The molecule has 0 radical (unpaired) electrons. The zero-order valence-corrected chi connectivity index (χ0v) is 18.9. The predicted octanol–water partition coefficient (Wildman–Crippen LogP) is 2.49. The molecule has 8 heteroatoms. The van der Waals surface area contributed by atoms with Crippen molar-refractivity contribution >= 4 is 12.4 Å². The standard InChI is InChI=1S/C22H33NO7/c1-19(2,3)30-18(25)23-14-16-17(15(10-8-9-13-24)22(23)11-12-22)29-21(5,27-7)20(4,26-6)28-16/h13,15-17H,9,11-12,14H2,1-7H3/t15-,16-,17-,20?,21?/m1/s1. The van der Waals surface area contributed by atoms with Gasteiger partial charge in [-0.25, -0.2) is 4.79 Å². The zero-order chi connectivity index (χ0) is 22.4. The van der Waals surface area contributed by atoms with E-state index in [1.807, 2.05) is 20.8 Å². The van der Waals surface area contributed by atoms with Gasteiger partial charge in [0.05, 0.1) is 24.4 Å². The Bertz CT molecular complexity index is 747. The van der Waals surface area contributed by atoms with Gasteiger partial charge in [0, 0.05) is 14.2 Å². The summed E-state index contributed by atoms with van der Waals surface area (Å²) < 4.78 is 29.7. The minimum atomic E-state index is -1.18. The lowest BCUT2D eigenvalue weighted by Gasteiger charge is -2.57. The number of carbonyl (C=O) groups excluding carboxylic acids is 2. The first-order valence-electron chi connectivity index (χ1n) is 10.3. The third-order valence-corrected chi connectivity index (χ3v) is 6.33. The van der Waals surface area contributed by atoms with Crippen molar-refractivity contribution in [3.05, 3.63) is 0 Å². The van der Waals surface area contributed by atoms with E-state index in [-0.39, 0.29) is 12.3 Å². The van der Waals surface area contributed by atoms with E-state index in [0.29, 0.717) is 6.54 Å². The average molecular weight is 424 g/mol. The Morgan fingerprint density at radius 3 is 2.27 bits per heavy atom. The van der Waals surface area contributed by atoms with Crippen molar-refractivity contribution in [3.8, 4) is 11.8 Å². The first-order valence-corrected chi connectivity index (χ1v) is 10.3. The second-order valence-corrected chi connectivity index (χ2v) is 9.40. The smallest absolute Gasteiger partial charge is 0.410 e. The molecule has 30 heavy (non-hydrogen) atoms. The summed E-state index contributed by atoms with van der Waals surface area (Å²) in [7, 11) is 3.07. The normalized spacial score (nSPS) is 37.0. The van der Waals surface area contributed by atoms with Gasteiger partial charge in [0.25, 0.3) is 0 Å². The number of fused-ring (bicyclic) bond motifs is 1. The summed E-state index contributed by atoms with van der Waals surface area (Å²) in [4.78, 5) is 25.6. The van der Waals surface area contributed by atoms with Crippen LogP contribution in [-0.2, 0) is 28.5 Å². The van der Waals surface area contributed by atoms with Crippen LogP contribution in [0.2, 0.25) is 0 Å². The van der Waals surface area contributed by atoms with Crippen LogP contribution in [0, 0.1) is 17.8 Å². The topological polar surface area (TPSA) is 83.5 Å². The Hall–Kier alpha value is -1.66. The Morgan fingerprint density at radius 1 is 1.17 bits per heavy atom. The lowest BCUT2D eigenvalue weighted by atomic mass is 9.81. The lowest BCUT2D eigenvalue weighted by Crippen LogP contribution is -2.72. The molecule has 5 atom stereocenters. The molecule has 2 saturated heterocycles. The Kier molecular flexibility index (Phi) is 5.98. The third kappa shape index (κ3) is 3.84. The van der Waals surface area contributed by atoms with Gasteiger partial charge in [-0.15, -0.1) is 0 Å². The van der Waals surface area contributed by atoms with Crippen molar-refractivity contribution in [2.75, 3.05) is 20.8 Å². The minimum Gasteiger partial charge on any atom is -0.444 e. The molecule has 1 spiro atoms. The highest BCUT2D eigenvalue weighted by Gasteiger charge is 2.68. The highest BCUT2D eigenvalue weighted by Crippen LogP contribution is 2.56. The van der Waals surface area contributed by atoms with Gasteiger partial charge in [0.15, 0.2) is 0 Å². The summed E-state index contributed by atoms with van der Waals surface area (Å²) in [6, 6.07) is 0. The van der Waals surface area contributed by atoms with Crippen LogP contribution in [0.5, 0.6) is 0 Å². The van der Waals surface area contributed by atoms with Crippen LogP contribution in [0.4, 0.5) is 4.79 Å². The molecule has 0 aromatic heterocycles. The highest BCUT2D eigenvalue weighted by molar-refractivity contribution is 5.71. The number of hydrogen-bond donors (Lipinski definition) is 0. The highest BCUT2D eigenvalue weighted by atomic mass is 16.8. The van der Waals surface area contributed by atoms with Crippen LogP contribution in [0.15, 0.2) is 0 Å². The summed E-state index contributed by atoms with van der Waals surface area (Å²) in [5.74, 6) is 3.41. The number of piperidine rings is 1. The van der Waals surface area contributed by atoms with Crippen LogP contribution in [0.3, 0.4) is 0 Å². The molecule has 0 aromatic rings. The van der Waals surface area contributed by atoms with Crippen molar-refractivity contribution < 1.29 is 33.3 Å². The molecular formula is C22H33NO7. The molecule has 2 unspecified atom stereocenters. The number of methoxy groups -OCH3 is 2. The molecule has 3 fully saturated rings. The van der Waals surface area contributed by atoms with E-state index in [1.165, 1.54) is 14.2 Å².